The van der Waals surface area contributed by atoms with Crippen LogP contribution in [0.4, 0.5) is 23.7 Å². The first-order valence-electron chi connectivity index (χ1n) is 27.7. The van der Waals surface area contributed by atoms with E-state index in [0.29, 0.717) is 0 Å². The van der Waals surface area contributed by atoms with E-state index in [1.54, 1.807) is 0 Å². The molecule has 21 atom stereocenters. The van der Waals surface area contributed by atoms with Gasteiger partial charge in [0.2, 0.25) is 37.2 Å². The third-order valence-electron chi connectivity index (χ3n) is 15.2. The highest BCUT2D eigenvalue weighted by atomic mass is 32.7. The maximum absolute atomic E-state index is 14.3. The Morgan fingerprint density at radius 2 is 0.918 bits per heavy atom. The topological polar surface area (TPSA) is 717 Å². The predicted molar refractivity (Wildman–Crippen MR) is 317 cm³/mol. The van der Waals surface area contributed by atoms with Crippen LogP contribution in [0.3, 0.4) is 0 Å². The van der Waals surface area contributed by atoms with Gasteiger partial charge in [-0.2, -0.15) is 19.5 Å². The number of H-pyrrole nitrogens is 3. The number of anilines is 4. The third kappa shape index (κ3) is 14.1. The average Bonchev–Trinajstić information content (AvgIpc) is 1.62. The molecule has 8 aromatic heterocycles. The van der Waals surface area contributed by atoms with E-state index in [0.717, 1.165) is 50.7 Å². The number of imidazole rings is 4. The van der Waals surface area contributed by atoms with E-state index in [2.05, 4.69) is 75.7 Å². The van der Waals surface area contributed by atoms with Crippen molar-refractivity contribution in [3.05, 3.63) is 62.7 Å². The SMILES string of the molecule is COC1C(OP(=O)(O)OCC2OC(n3cnc4c(=O)[nH]c(N)nc43)C(O)C2OP(=O)(O)OCC2OC(n3cnc4c(=O)[nH]c(N)nc43)C(O)C2O)C(COP(=O)(O)OP(=O)([S-])OP(=O)(O)OCC2OC(n3c[n+](C)c4c(=O)[nH]c(N)nc43)C(O)C2O)OC1n1cnc2c(N)ncnc21. The van der Waals surface area contributed by atoms with Crippen LogP contribution >= 0.6 is 38.1 Å². The molecule has 56 heteroatoms. The van der Waals surface area contributed by atoms with Crippen LogP contribution in [0.25, 0.3) is 44.7 Å². The Kier molecular flexibility index (Phi) is 19.4. The van der Waals surface area contributed by atoms with Gasteiger partial charge in [-0.3, -0.25) is 74.7 Å². The highest BCUT2D eigenvalue weighted by Gasteiger charge is 2.55. The summed E-state index contributed by atoms with van der Waals surface area (Å²) in [5.41, 5.74) is 19.5. The Bertz CT molecular complexity index is 4830. The fraction of sp³-hybridized carbons (Fsp3) is 0.524. The Balaban J connectivity index is 0.740. The van der Waals surface area contributed by atoms with Crippen molar-refractivity contribution in [2.24, 2.45) is 7.05 Å². The fourth-order valence-corrected chi connectivity index (χ4v) is 17.9. The van der Waals surface area contributed by atoms with Crippen molar-refractivity contribution < 1.29 is 132 Å². The van der Waals surface area contributed by atoms with Gasteiger partial charge in [0.15, 0.2) is 52.5 Å². The molecule has 0 bridgehead atoms. The molecule has 4 saturated heterocycles. The number of nitrogens with one attached hydrogen (secondary N) is 3. The molecule has 4 fully saturated rings. The number of rotatable bonds is 25. The van der Waals surface area contributed by atoms with Gasteiger partial charge in [0.25, 0.3) is 22.3 Å². The number of aliphatic hydroxyl groups is 5. The predicted octanol–water partition coefficient (Wildman–Crippen LogP) is -5.68. The van der Waals surface area contributed by atoms with Crippen molar-refractivity contribution in [1.82, 2.24) is 73.1 Å². The lowest BCUT2D eigenvalue weighted by Gasteiger charge is -2.28. The molecule has 20 N–H and O–H groups in total. The number of nitrogens with zero attached hydrogens (tertiary/aromatic N) is 13. The number of fused-ring (bicyclic) bond motifs is 4. The smallest absolute Gasteiger partial charge is 0.478 e. The molecule has 8 aromatic rings. The van der Waals surface area contributed by atoms with Gasteiger partial charge < -0.3 is 104 Å². The fourth-order valence-electron chi connectivity index (χ4n) is 11.0. The maximum Gasteiger partial charge on any atom is 0.478 e. The summed E-state index contributed by atoms with van der Waals surface area (Å²) in [5.74, 6) is -1.27. The van der Waals surface area contributed by atoms with Crippen molar-refractivity contribution in [2.75, 3.05) is 56.5 Å². The van der Waals surface area contributed by atoms with E-state index in [-0.39, 0.29) is 62.4 Å². The molecule has 0 aromatic carbocycles. The van der Waals surface area contributed by atoms with Gasteiger partial charge >= 0.3 is 36.9 Å². The largest absolute Gasteiger partial charge is 0.659 e. The molecule has 98 heavy (non-hydrogen) atoms. The first kappa shape index (κ1) is 71.3. The summed E-state index contributed by atoms with van der Waals surface area (Å²) in [7, 11) is -20.7. The lowest BCUT2D eigenvalue weighted by atomic mass is 10.1. The second-order valence-electron chi connectivity index (χ2n) is 21.6. The number of phosphoric acid groups is 4. The summed E-state index contributed by atoms with van der Waals surface area (Å²) in [6, 6.07) is 0. The second kappa shape index (κ2) is 26.7. The molecule has 0 radical (unpaired) electrons. The molecule has 0 aliphatic carbocycles. The normalized spacial score (nSPS) is 30.7. The summed E-state index contributed by atoms with van der Waals surface area (Å²) in [6.07, 6.45) is -24.0. The van der Waals surface area contributed by atoms with Crippen LogP contribution in [0.15, 0.2) is 46.0 Å². The van der Waals surface area contributed by atoms with Crippen molar-refractivity contribution in [2.45, 2.75) is 98.2 Å². The Hall–Kier alpha value is -6.58. The minimum atomic E-state index is -5.97. The first-order valence-corrected chi connectivity index (χ1v) is 36.2. The zero-order valence-corrected chi connectivity index (χ0v) is 54.6. The lowest BCUT2D eigenvalue weighted by Crippen LogP contribution is -2.38. The monoisotopic (exact) mass is 1510 g/mol. The molecule has 0 amide bonds. The quantitative estimate of drug-likeness (QED) is 0.0144. The first-order chi connectivity index (χ1) is 46.0. The van der Waals surface area contributed by atoms with Crippen LogP contribution in [0.1, 0.15) is 24.9 Å². The molecule has 12 heterocycles. The van der Waals surface area contributed by atoms with Gasteiger partial charge in [0.1, 0.15) is 85.1 Å². The minimum absolute atomic E-state index is 0.0172. The van der Waals surface area contributed by atoms with Gasteiger partial charge in [0.05, 0.1) is 52.5 Å². The molecule has 4 aliphatic rings. The number of nitrogen functional groups attached to an aromatic ring is 4. The van der Waals surface area contributed by atoms with E-state index in [9.17, 15) is 82.3 Å². The van der Waals surface area contributed by atoms with Gasteiger partial charge in [-0.15, -0.1) is 0 Å². The number of aromatic amines is 3. The average molecular weight is 1510 g/mol. The Morgan fingerprint density at radius 3 is 1.44 bits per heavy atom. The van der Waals surface area contributed by atoms with Crippen LogP contribution in [0.2, 0.25) is 0 Å². The van der Waals surface area contributed by atoms with Gasteiger partial charge in [-0.05, 0) is 0 Å². The summed E-state index contributed by atoms with van der Waals surface area (Å²) < 4.78 is 143. The zero-order chi connectivity index (χ0) is 70.6. The van der Waals surface area contributed by atoms with Gasteiger partial charge in [-0.1, -0.05) is 0 Å². The van der Waals surface area contributed by atoms with Crippen molar-refractivity contribution in [3.63, 3.8) is 0 Å². The number of phosphoric ester groups is 4. The molecule has 4 aliphatic heterocycles. The minimum Gasteiger partial charge on any atom is -0.659 e. The van der Waals surface area contributed by atoms with E-state index in [4.69, 9.17) is 73.8 Å². The van der Waals surface area contributed by atoms with E-state index >= 15 is 0 Å². The number of hydrogen-bond acceptors (Lipinski definition) is 39. The van der Waals surface area contributed by atoms with Crippen LogP contribution in [0.5, 0.6) is 0 Å². The number of aryl methyl sites for hydroxylation is 1. The standard InChI is InChI=1S/C42H55N20O30P5S/c1-58-11-62(32-19(58)35(70)57-42(46)54-32)37-23(66)21(64)13(86-37)4-83-95(75,76)91-97(79,98)92-96(77,78)84-6-15-26(27(80-2)39(88-15)59-8-49-16-28(43)47-7-48-29(16)59)90-94(73,74)82-5-14-25(24(67)38(87-14)61-10-51-18-31(61)53-41(45)56-34(18)69)89-93(71,72)81-3-12-20(63)22(65)36(85-12)60-9-50-17-30(60)52-40(44)55-33(17)68/h7-15,20-27,36-39,63-67H,3-6H2,1-2H3,(H15-,43,44,45,46,47,48,52,53,54,55,56,57,68,69,70,71,72,73,74,75,76,77,78,79,98). The van der Waals surface area contributed by atoms with E-state index < -0.39 is 185 Å². The highest BCUT2D eigenvalue weighted by molar-refractivity contribution is 8.34. The van der Waals surface area contributed by atoms with Gasteiger partial charge in [-0.25, -0.2) is 56.4 Å². The number of ether oxygens (including phenoxy) is 5. The van der Waals surface area contributed by atoms with Crippen LogP contribution in [-0.4, -0.2) is 225 Å². The summed E-state index contributed by atoms with van der Waals surface area (Å²) in [6.45, 7) is -10.6. The number of nitrogens with two attached hydrogens (primary N) is 4. The summed E-state index contributed by atoms with van der Waals surface area (Å²) in [5, 5.41) is 55.5. The van der Waals surface area contributed by atoms with Crippen molar-refractivity contribution in [3.8, 4) is 0 Å². The van der Waals surface area contributed by atoms with Gasteiger partial charge in [0, 0.05) is 7.11 Å². The van der Waals surface area contributed by atoms with Crippen LogP contribution in [0, 0.1) is 0 Å². The molecule has 50 nitrogen and oxygen atoms in total. The molecular weight excluding hydrogens is 1450 g/mol. The Morgan fingerprint density at radius 1 is 0.510 bits per heavy atom. The molecule has 12 rings (SSSR count). The number of hydrogen-bond donors (Lipinski definition) is 16. The highest BCUT2D eigenvalue weighted by Crippen LogP contribution is 2.69. The summed E-state index contributed by atoms with van der Waals surface area (Å²) >= 11 is 4.63. The maximum atomic E-state index is 14.3. The van der Waals surface area contributed by atoms with Crippen LogP contribution in [-0.2, 0) is 102 Å². The van der Waals surface area contributed by atoms with Crippen LogP contribution < -0.4 is 44.2 Å². The Labute approximate surface area is 546 Å². The lowest BCUT2D eigenvalue weighted by molar-refractivity contribution is -0.646. The molecule has 21 unspecified atom stereocenters. The van der Waals surface area contributed by atoms with Crippen molar-refractivity contribution in [1.29, 1.82) is 0 Å². The third-order valence-corrected chi connectivity index (χ3v) is 22.6. The number of aromatic nitrogens is 16. The van der Waals surface area contributed by atoms with Crippen molar-refractivity contribution >= 4 is 119 Å². The number of aliphatic hydroxyl groups excluding tert-OH is 5. The zero-order valence-electron chi connectivity index (χ0n) is 49.3. The summed E-state index contributed by atoms with van der Waals surface area (Å²) in [4.78, 5) is 121. The molecule has 0 saturated carbocycles. The van der Waals surface area contributed by atoms with E-state index in [1.165, 1.54) is 17.9 Å². The second-order valence-corrected chi connectivity index (χ2v) is 30.4. The number of methoxy groups -OCH3 is 1. The molecule has 534 valence electrons. The molecular formula is C42H55N20O30P5S. The van der Waals surface area contributed by atoms with E-state index in [1.807, 2.05) is 0 Å². The molecule has 0 spiro atoms.